The Labute approximate surface area is 245 Å². The number of amides is 1. The van der Waals surface area contributed by atoms with Crippen LogP contribution in [0, 0.1) is 0 Å². The maximum Gasteiger partial charge on any atom is 0.263 e. The van der Waals surface area contributed by atoms with Crippen LogP contribution in [-0.2, 0) is 23.1 Å². The molecule has 0 radical (unpaired) electrons. The molecule has 0 unspecified atom stereocenters. The molecule has 41 heavy (non-hydrogen) atoms. The predicted octanol–water partition coefficient (Wildman–Crippen LogP) is 6.12. The second-order valence-corrected chi connectivity index (χ2v) is 12.0. The highest BCUT2D eigenvalue weighted by atomic mass is 32.2. The van der Waals surface area contributed by atoms with Crippen LogP contribution in [0.1, 0.15) is 48.8 Å². The first kappa shape index (κ1) is 27.3. The average Bonchev–Trinajstić information content (AvgIpc) is 3.01. The van der Waals surface area contributed by atoms with Crippen LogP contribution in [-0.4, -0.2) is 34.9 Å². The lowest BCUT2D eigenvalue weighted by molar-refractivity contribution is -0.118. The monoisotopic (exact) mass is 565 g/mol. The van der Waals surface area contributed by atoms with Gasteiger partial charge in [0.05, 0.1) is 29.8 Å². The minimum atomic E-state index is -0.218. The van der Waals surface area contributed by atoms with E-state index in [4.69, 9.17) is 9.72 Å². The Kier molecular flexibility index (Phi) is 7.97. The number of nitrogens with one attached hydrogen (secondary N) is 1. The topological polar surface area (TPSA) is 73.2 Å². The average molecular weight is 566 g/mol. The highest BCUT2D eigenvalue weighted by molar-refractivity contribution is 7.99. The third-order valence-corrected chi connectivity index (χ3v) is 9.36. The van der Waals surface area contributed by atoms with E-state index in [-0.39, 0.29) is 22.6 Å². The van der Waals surface area contributed by atoms with E-state index >= 15 is 0 Å². The van der Waals surface area contributed by atoms with E-state index in [2.05, 4.69) is 35.6 Å². The van der Waals surface area contributed by atoms with Crippen molar-refractivity contribution in [2.75, 3.05) is 19.4 Å². The molecule has 210 valence electrons. The van der Waals surface area contributed by atoms with Gasteiger partial charge in [-0.15, -0.1) is 0 Å². The van der Waals surface area contributed by atoms with Gasteiger partial charge in [-0.1, -0.05) is 91.7 Å². The summed E-state index contributed by atoms with van der Waals surface area (Å²) in [5.41, 5.74) is 5.52. The highest BCUT2D eigenvalue weighted by Crippen LogP contribution is 2.49. The summed E-state index contributed by atoms with van der Waals surface area (Å²) in [5.74, 6) is 0.746. The quantitative estimate of drug-likeness (QED) is 0.206. The normalized spacial score (nSPS) is 15.1. The van der Waals surface area contributed by atoms with Gasteiger partial charge in [0.1, 0.15) is 5.75 Å². The van der Waals surface area contributed by atoms with Crippen molar-refractivity contribution in [1.82, 2.24) is 14.9 Å². The minimum absolute atomic E-state index is 0.0355. The molecule has 1 N–H and O–H groups in total. The summed E-state index contributed by atoms with van der Waals surface area (Å²) in [6.07, 6.45) is 7.02. The van der Waals surface area contributed by atoms with Crippen molar-refractivity contribution in [3.8, 4) is 22.7 Å². The van der Waals surface area contributed by atoms with E-state index in [1.807, 2.05) is 48.5 Å². The van der Waals surface area contributed by atoms with Crippen molar-refractivity contribution in [3.05, 3.63) is 106 Å². The summed E-state index contributed by atoms with van der Waals surface area (Å²) in [5, 5.41) is 3.54. The van der Waals surface area contributed by atoms with Crippen LogP contribution in [0.2, 0.25) is 0 Å². The third-order valence-electron chi connectivity index (χ3n) is 8.42. The van der Waals surface area contributed by atoms with Crippen molar-refractivity contribution in [2.24, 2.45) is 0 Å². The number of ether oxygens (including phenoxy) is 1. The molecule has 2 aliphatic carbocycles. The second-order valence-electron chi connectivity index (χ2n) is 11.0. The van der Waals surface area contributed by atoms with Crippen LogP contribution in [0.15, 0.2) is 88.8 Å². The van der Waals surface area contributed by atoms with Crippen LogP contribution in [0.5, 0.6) is 5.75 Å². The van der Waals surface area contributed by atoms with Gasteiger partial charge >= 0.3 is 0 Å². The lowest BCUT2D eigenvalue weighted by Gasteiger charge is -2.42. The summed E-state index contributed by atoms with van der Waals surface area (Å²) in [6.45, 7) is 0.555. The van der Waals surface area contributed by atoms with Gasteiger partial charge in [-0.2, -0.15) is 0 Å². The van der Waals surface area contributed by atoms with Gasteiger partial charge in [0.2, 0.25) is 5.91 Å². The number of nitrogens with zero attached hydrogens (tertiary/aromatic N) is 2. The van der Waals surface area contributed by atoms with Gasteiger partial charge in [-0.3, -0.25) is 14.2 Å². The first-order valence-corrected chi connectivity index (χ1v) is 15.4. The Hall–Kier alpha value is -3.84. The van der Waals surface area contributed by atoms with Crippen LogP contribution < -0.4 is 15.6 Å². The molecule has 0 saturated heterocycles. The summed E-state index contributed by atoms with van der Waals surface area (Å²) in [6, 6.07) is 26.0. The van der Waals surface area contributed by atoms with Gasteiger partial charge in [0.25, 0.3) is 5.56 Å². The summed E-state index contributed by atoms with van der Waals surface area (Å²) in [4.78, 5) is 32.8. The molecular formula is C34H35N3O3S. The lowest BCUT2D eigenvalue weighted by Crippen LogP contribution is -2.43. The molecule has 0 aliphatic heterocycles. The molecule has 1 heterocycles. The van der Waals surface area contributed by atoms with Gasteiger partial charge in [-0.25, -0.2) is 4.98 Å². The van der Waals surface area contributed by atoms with Crippen LogP contribution >= 0.6 is 11.8 Å². The molecule has 1 fully saturated rings. The predicted molar refractivity (Wildman–Crippen MR) is 164 cm³/mol. The minimum Gasteiger partial charge on any atom is -0.497 e. The molecule has 3 aromatic carbocycles. The van der Waals surface area contributed by atoms with Crippen LogP contribution in [0.25, 0.3) is 16.9 Å². The number of rotatable bonds is 8. The SMILES string of the molecule is COc1cccc(-n2c(SCC(=O)NCCc3ccccc3)nc3c(c2=O)C2(CCCCC2)Cc2ccccc2-3)c1. The van der Waals surface area contributed by atoms with Crippen molar-refractivity contribution in [3.63, 3.8) is 0 Å². The molecule has 0 atom stereocenters. The molecule has 1 amide bonds. The van der Waals surface area contributed by atoms with Crippen molar-refractivity contribution in [2.45, 2.75) is 55.5 Å². The van der Waals surface area contributed by atoms with Crippen molar-refractivity contribution >= 4 is 17.7 Å². The zero-order valence-corrected chi connectivity index (χ0v) is 24.2. The second kappa shape index (κ2) is 12.0. The van der Waals surface area contributed by atoms with Crippen molar-refractivity contribution in [1.29, 1.82) is 0 Å². The Morgan fingerprint density at radius 2 is 1.78 bits per heavy atom. The molecule has 6 nitrogen and oxygen atoms in total. The maximum atomic E-state index is 14.7. The van der Waals surface area contributed by atoms with Gasteiger partial charge in [0, 0.05) is 23.6 Å². The maximum absolute atomic E-state index is 14.7. The highest BCUT2D eigenvalue weighted by Gasteiger charge is 2.43. The van der Waals surface area contributed by atoms with E-state index in [0.717, 1.165) is 55.3 Å². The standard InChI is InChI=1S/C34H35N3O3S/c1-40-27-15-10-14-26(21-27)37-32(39)30-31(28-16-7-6-13-25(28)22-34(30)18-8-3-9-19-34)36-33(37)41-23-29(38)35-20-17-24-11-4-2-5-12-24/h2,4-7,10-16,21H,3,8-9,17-20,22-23H2,1H3,(H,35,38). The number of aromatic nitrogens is 2. The molecule has 6 rings (SSSR count). The van der Waals surface area contributed by atoms with E-state index < -0.39 is 0 Å². The molecule has 7 heteroatoms. The number of hydrogen-bond acceptors (Lipinski definition) is 5. The number of thioether (sulfide) groups is 1. The molecule has 1 aromatic heterocycles. The van der Waals surface area contributed by atoms with Gasteiger partial charge in [-0.05, 0) is 48.9 Å². The zero-order valence-electron chi connectivity index (χ0n) is 23.4. The first-order chi connectivity index (χ1) is 20.1. The number of carbonyl (C=O) groups is 1. The molecule has 1 spiro atoms. The molecule has 4 aromatic rings. The number of fused-ring (bicyclic) bond motifs is 4. The Morgan fingerprint density at radius 3 is 2.59 bits per heavy atom. The molecular weight excluding hydrogens is 530 g/mol. The molecule has 0 bridgehead atoms. The van der Waals surface area contributed by atoms with E-state index in [1.54, 1.807) is 11.7 Å². The third kappa shape index (κ3) is 5.55. The molecule has 1 saturated carbocycles. The fourth-order valence-corrected chi connectivity index (χ4v) is 7.27. The van der Waals surface area contributed by atoms with Crippen molar-refractivity contribution < 1.29 is 9.53 Å². The fraction of sp³-hybridized carbons (Fsp3) is 0.324. The zero-order chi connectivity index (χ0) is 28.2. The smallest absolute Gasteiger partial charge is 0.263 e. The van der Waals surface area contributed by atoms with Gasteiger partial charge in [0.15, 0.2) is 5.16 Å². The Bertz CT molecular complexity index is 1610. The Balaban J connectivity index is 1.39. The summed E-state index contributed by atoms with van der Waals surface area (Å²) < 4.78 is 7.20. The van der Waals surface area contributed by atoms with Crippen LogP contribution in [0.3, 0.4) is 0 Å². The van der Waals surface area contributed by atoms with E-state index in [9.17, 15) is 9.59 Å². The summed E-state index contributed by atoms with van der Waals surface area (Å²) >= 11 is 1.31. The number of methoxy groups -OCH3 is 1. The number of benzene rings is 3. The van der Waals surface area contributed by atoms with Crippen LogP contribution in [0.4, 0.5) is 0 Å². The van der Waals surface area contributed by atoms with E-state index in [1.165, 1.54) is 29.3 Å². The lowest BCUT2D eigenvalue weighted by atomic mass is 9.62. The fourth-order valence-electron chi connectivity index (χ4n) is 6.43. The number of hydrogen-bond donors (Lipinski definition) is 1. The first-order valence-electron chi connectivity index (χ1n) is 14.4. The van der Waals surface area contributed by atoms with Gasteiger partial charge < -0.3 is 10.1 Å². The summed E-state index contributed by atoms with van der Waals surface area (Å²) in [7, 11) is 1.62. The Morgan fingerprint density at radius 1 is 1.00 bits per heavy atom. The van der Waals surface area contributed by atoms with E-state index in [0.29, 0.717) is 23.1 Å². The molecule has 2 aliphatic rings. The number of carbonyl (C=O) groups excluding carboxylic acids is 1. The largest absolute Gasteiger partial charge is 0.497 e.